The fourth-order valence-corrected chi connectivity index (χ4v) is 4.85. The van der Waals surface area contributed by atoms with E-state index in [0.29, 0.717) is 6.54 Å². The number of hydrogen-bond acceptors (Lipinski definition) is 7. The van der Waals surface area contributed by atoms with E-state index in [9.17, 15) is 18.0 Å². The van der Waals surface area contributed by atoms with Gasteiger partial charge in [0, 0.05) is 12.2 Å². The number of hydrogen-bond donors (Lipinski definition) is 1. The molecule has 1 aliphatic rings. The Kier molecular flexibility index (Phi) is 6.04. The Morgan fingerprint density at radius 2 is 2.03 bits per heavy atom. The Bertz CT molecular complexity index is 1010. The number of fused-ring (bicyclic) bond motifs is 1. The molecule has 1 aliphatic heterocycles. The zero-order valence-electron chi connectivity index (χ0n) is 16.5. The molecule has 29 heavy (non-hydrogen) atoms. The van der Waals surface area contributed by atoms with Gasteiger partial charge in [0.25, 0.3) is 5.91 Å². The Labute approximate surface area is 169 Å². The first kappa shape index (κ1) is 21.0. The van der Waals surface area contributed by atoms with Crippen molar-refractivity contribution in [2.24, 2.45) is 0 Å². The topological polar surface area (TPSA) is 119 Å². The van der Waals surface area contributed by atoms with Crippen molar-refractivity contribution in [3.05, 3.63) is 41.3 Å². The molecule has 10 heteroatoms. The third-order valence-electron chi connectivity index (χ3n) is 4.67. The normalized spacial score (nSPS) is 14.9. The number of benzene rings is 1. The van der Waals surface area contributed by atoms with E-state index < -0.39 is 28.6 Å². The molecule has 0 radical (unpaired) electrons. The number of aromatic nitrogens is 1. The van der Waals surface area contributed by atoms with Crippen molar-refractivity contribution >= 4 is 27.6 Å². The smallest absolute Gasteiger partial charge is 0.324 e. The van der Waals surface area contributed by atoms with Gasteiger partial charge in [0.2, 0.25) is 10.0 Å². The van der Waals surface area contributed by atoms with Gasteiger partial charge >= 0.3 is 5.97 Å². The number of carbonyl (C=O) groups is 2. The number of ether oxygens (including phenoxy) is 1. The van der Waals surface area contributed by atoms with Crippen LogP contribution in [0.5, 0.6) is 0 Å². The largest absolute Gasteiger partial charge is 0.454 e. The number of para-hydroxylation sites is 1. The number of anilines is 1. The molecule has 1 atom stereocenters. The predicted molar refractivity (Wildman–Crippen MR) is 104 cm³/mol. The average molecular weight is 421 g/mol. The second-order valence-corrected chi connectivity index (χ2v) is 8.53. The van der Waals surface area contributed by atoms with Crippen LogP contribution >= 0.6 is 0 Å². The third-order valence-corrected chi connectivity index (χ3v) is 6.46. The van der Waals surface area contributed by atoms with Gasteiger partial charge in [0.05, 0.1) is 0 Å². The number of nitrogens with one attached hydrogen (secondary N) is 1. The first-order chi connectivity index (χ1) is 13.7. The van der Waals surface area contributed by atoms with Gasteiger partial charge in [-0.05, 0) is 45.2 Å². The molecule has 156 valence electrons. The van der Waals surface area contributed by atoms with Gasteiger partial charge in [-0.2, -0.15) is 4.72 Å². The zero-order valence-corrected chi connectivity index (χ0v) is 17.3. The van der Waals surface area contributed by atoms with E-state index in [4.69, 9.17) is 9.26 Å². The molecule has 2 aromatic rings. The minimum absolute atomic E-state index is 0.113. The lowest BCUT2D eigenvalue weighted by Gasteiger charge is -2.29. The standard InChI is InChI=1S/C19H23N3O6S/c1-12-18(14(3)28-20-12)29(25,26)21-13(2)19(24)27-11-17(23)22-10-6-8-15-7-4-5-9-16(15)22/h4-5,7,9,13,21H,6,8,10-11H2,1-3H3/t13-/m0/s1. The highest BCUT2D eigenvalue weighted by Gasteiger charge is 2.30. The summed E-state index contributed by atoms with van der Waals surface area (Å²) in [5, 5.41) is 3.60. The fourth-order valence-electron chi connectivity index (χ4n) is 3.33. The molecule has 9 nitrogen and oxygen atoms in total. The first-order valence-electron chi connectivity index (χ1n) is 9.21. The van der Waals surface area contributed by atoms with E-state index in [-0.39, 0.29) is 22.3 Å². The summed E-state index contributed by atoms with van der Waals surface area (Å²) in [5.41, 5.74) is 2.07. The summed E-state index contributed by atoms with van der Waals surface area (Å²) < 4.78 is 37.1. The van der Waals surface area contributed by atoms with Crippen molar-refractivity contribution in [1.29, 1.82) is 0 Å². The van der Waals surface area contributed by atoms with Crippen molar-refractivity contribution in [3.63, 3.8) is 0 Å². The van der Waals surface area contributed by atoms with Crippen LogP contribution in [0.4, 0.5) is 5.69 Å². The molecule has 0 saturated carbocycles. The summed E-state index contributed by atoms with van der Waals surface area (Å²) in [6, 6.07) is 6.40. The van der Waals surface area contributed by atoms with Crippen LogP contribution in [0, 0.1) is 13.8 Å². The molecular weight excluding hydrogens is 398 g/mol. The maximum atomic E-state index is 12.5. The molecule has 1 amide bonds. The lowest BCUT2D eigenvalue weighted by Crippen LogP contribution is -2.42. The summed E-state index contributed by atoms with van der Waals surface area (Å²) in [4.78, 5) is 26.2. The summed E-state index contributed by atoms with van der Waals surface area (Å²) in [6.45, 7) is 4.38. The van der Waals surface area contributed by atoms with Gasteiger partial charge in [0.1, 0.15) is 16.6 Å². The van der Waals surface area contributed by atoms with Crippen LogP contribution in [0.15, 0.2) is 33.7 Å². The predicted octanol–water partition coefficient (Wildman–Crippen LogP) is 1.48. The van der Waals surface area contributed by atoms with Crippen LogP contribution in [0.3, 0.4) is 0 Å². The number of nitrogens with zero attached hydrogens (tertiary/aromatic N) is 2. The Morgan fingerprint density at radius 3 is 2.72 bits per heavy atom. The molecule has 0 bridgehead atoms. The summed E-state index contributed by atoms with van der Waals surface area (Å²) in [5.74, 6) is -1.08. The van der Waals surface area contributed by atoms with Crippen LogP contribution in [-0.4, -0.2) is 44.6 Å². The number of rotatable bonds is 6. The number of sulfonamides is 1. The fraction of sp³-hybridized carbons (Fsp3) is 0.421. The third kappa shape index (κ3) is 4.48. The monoisotopic (exact) mass is 421 g/mol. The zero-order chi connectivity index (χ0) is 21.2. The van der Waals surface area contributed by atoms with Crippen LogP contribution < -0.4 is 9.62 Å². The highest BCUT2D eigenvalue weighted by Crippen LogP contribution is 2.26. The van der Waals surface area contributed by atoms with E-state index >= 15 is 0 Å². The minimum atomic E-state index is -4.02. The summed E-state index contributed by atoms with van der Waals surface area (Å²) in [7, 11) is -4.02. The Hall–Kier alpha value is -2.72. The lowest BCUT2D eigenvalue weighted by molar-refractivity contribution is -0.149. The number of esters is 1. The molecule has 1 aromatic heterocycles. The minimum Gasteiger partial charge on any atom is -0.454 e. The van der Waals surface area contributed by atoms with E-state index in [1.165, 1.54) is 20.8 Å². The van der Waals surface area contributed by atoms with E-state index in [0.717, 1.165) is 24.1 Å². The maximum absolute atomic E-state index is 12.5. The SMILES string of the molecule is Cc1noc(C)c1S(=O)(=O)N[C@@H](C)C(=O)OCC(=O)N1CCCc2ccccc21. The molecule has 0 fully saturated rings. The van der Waals surface area contributed by atoms with Gasteiger partial charge in [0.15, 0.2) is 12.4 Å². The Balaban J connectivity index is 1.60. The second-order valence-electron chi connectivity index (χ2n) is 6.88. The molecule has 0 unspecified atom stereocenters. The van der Waals surface area contributed by atoms with Gasteiger partial charge in [-0.15, -0.1) is 0 Å². The van der Waals surface area contributed by atoms with Crippen molar-refractivity contribution in [3.8, 4) is 0 Å². The molecule has 0 saturated heterocycles. The number of aryl methyl sites for hydroxylation is 3. The van der Waals surface area contributed by atoms with Crippen LogP contribution in [0.2, 0.25) is 0 Å². The summed E-state index contributed by atoms with van der Waals surface area (Å²) in [6.07, 6.45) is 1.71. The quantitative estimate of drug-likeness (QED) is 0.702. The van der Waals surface area contributed by atoms with Crippen LogP contribution in [-0.2, 0) is 30.8 Å². The van der Waals surface area contributed by atoms with Gasteiger partial charge in [-0.1, -0.05) is 23.4 Å². The highest BCUT2D eigenvalue weighted by atomic mass is 32.2. The van der Waals surface area contributed by atoms with Crippen molar-refractivity contribution in [1.82, 2.24) is 9.88 Å². The maximum Gasteiger partial charge on any atom is 0.324 e. The number of amides is 1. The van der Waals surface area contributed by atoms with E-state index in [1.54, 1.807) is 4.90 Å². The highest BCUT2D eigenvalue weighted by molar-refractivity contribution is 7.89. The molecule has 1 N–H and O–H groups in total. The van der Waals surface area contributed by atoms with E-state index in [1.807, 2.05) is 24.3 Å². The Morgan fingerprint density at radius 1 is 1.31 bits per heavy atom. The van der Waals surface area contributed by atoms with Gasteiger partial charge < -0.3 is 14.2 Å². The van der Waals surface area contributed by atoms with Crippen LogP contribution in [0.1, 0.15) is 30.4 Å². The molecule has 0 spiro atoms. The molecule has 0 aliphatic carbocycles. The van der Waals surface area contributed by atoms with Crippen molar-refractivity contribution in [2.75, 3.05) is 18.1 Å². The average Bonchev–Trinajstić information content (AvgIpc) is 3.04. The van der Waals surface area contributed by atoms with Gasteiger partial charge in [-0.25, -0.2) is 8.42 Å². The molecule has 3 rings (SSSR count). The second kappa shape index (κ2) is 8.34. The van der Waals surface area contributed by atoms with E-state index in [2.05, 4.69) is 9.88 Å². The van der Waals surface area contributed by atoms with Gasteiger partial charge in [-0.3, -0.25) is 9.59 Å². The molecule has 1 aromatic carbocycles. The first-order valence-corrected chi connectivity index (χ1v) is 10.7. The number of carbonyl (C=O) groups excluding carboxylic acids is 2. The lowest BCUT2D eigenvalue weighted by atomic mass is 10.0. The van der Waals surface area contributed by atoms with Crippen molar-refractivity contribution < 1.29 is 27.3 Å². The van der Waals surface area contributed by atoms with Crippen molar-refractivity contribution in [2.45, 2.75) is 44.6 Å². The summed E-state index contributed by atoms with van der Waals surface area (Å²) >= 11 is 0. The molecule has 2 heterocycles. The molecular formula is C19H23N3O6S. The van der Waals surface area contributed by atoms with Crippen LogP contribution in [0.25, 0.3) is 0 Å².